The van der Waals surface area contributed by atoms with Crippen LogP contribution in [0, 0.1) is 11.6 Å². The molecule has 0 amide bonds. The molecule has 94 valence electrons. The number of rotatable bonds is 5. The molecule has 0 aromatic heterocycles. The molecule has 0 spiro atoms. The predicted octanol–water partition coefficient (Wildman–Crippen LogP) is 2.48. The predicted molar refractivity (Wildman–Crippen MR) is 61.6 cm³/mol. The molecule has 4 heteroatoms. The summed E-state index contributed by atoms with van der Waals surface area (Å²) in [6.07, 6.45) is 1.57. The third-order valence-electron chi connectivity index (χ3n) is 3.21. The van der Waals surface area contributed by atoms with Gasteiger partial charge in [-0.2, -0.15) is 0 Å². The number of hydrogen-bond acceptors (Lipinski definition) is 2. The maximum Gasteiger partial charge on any atom is 0.159 e. The van der Waals surface area contributed by atoms with Gasteiger partial charge in [0, 0.05) is 12.6 Å². The maximum absolute atomic E-state index is 13.0. The average Bonchev–Trinajstić information content (AvgIpc) is 3.13. The number of nitrogens with zero attached hydrogens (tertiary/aromatic N) is 1. The van der Waals surface area contributed by atoms with Crippen LogP contribution in [-0.2, 0) is 0 Å². The van der Waals surface area contributed by atoms with Gasteiger partial charge < -0.3 is 5.11 Å². The van der Waals surface area contributed by atoms with E-state index in [-0.39, 0.29) is 0 Å². The molecule has 1 atom stereocenters. The molecule has 0 radical (unpaired) electrons. The molecule has 1 unspecified atom stereocenters. The molecule has 0 bridgehead atoms. The highest BCUT2D eigenvalue weighted by Crippen LogP contribution is 2.28. The molecular weight excluding hydrogens is 224 g/mol. The van der Waals surface area contributed by atoms with Crippen molar-refractivity contribution < 1.29 is 13.9 Å². The van der Waals surface area contributed by atoms with E-state index in [1.807, 2.05) is 6.92 Å². The molecule has 1 fully saturated rings. The lowest BCUT2D eigenvalue weighted by Gasteiger charge is -2.23. The fourth-order valence-corrected chi connectivity index (χ4v) is 2.02. The number of halogens is 2. The van der Waals surface area contributed by atoms with Crippen LogP contribution in [0.2, 0.25) is 0 Å². The summed E-state index contributed by atoms with van der Waals surface area (Å²) in [7, 11) is 0. The highest BCUT2D eigenvalue weighted by atomic mass is 19.2. The van der Waals surface area contributed by atoms with Crippen LogP contribution in [0.1, 0.15) is 31.4 Å². The zero-order valence-corrected chi connectivity index (χ0v) is 9.87. The summed E-state index contributed by atoms with van der Waals surface area (Å²) in [6.45, 7) is 3.38. The van der Waals surface area contributed by atoms with Gasteiger partial charge in [-0.05, 0) is 37.1 Å². The summed E-state index contributed by atoms with van der Waals surface area (Å²) >= 11 is 0. The first-order valence-electron chi connectivity index (χ1n) is 5.99. The Morgan fingerprint density at radius 1 is 1.35 bits per heavy atom. The highest BCUT2D eigenvalue weighted by molar-refractivity contribution is 5.20. The van der Waals surface area contributed by atoms with Crippen LogP contribution in [0.5, 0.6) is 0 Å². The average molecular weight is 241 g/mol. The van der Waals surface area contributed by atoms with Crippen molar-refractivity contribution >= 4 is 0 Å². The summed E-state index contributed by atoms with van der Waals surface area (Å²) in [5.41, 5.74) is 0.433. The van der Waals surface area contributed by atoms with Crippen LogP contribution >= 0.6 is 0 Å². The summed E-state index contributed by atoms with van der Waals surface area (Å²) in [4.78, 5) is 2.17. The molecule has 1 aliphatic rings. The van der Waals surface area contributed by atoms with Crippen LogP contribution in [0.15, 0.2) is 18.2 Å². The Hall–Kier alpha value is -1.00. The van der Waals surface area contributed by atoms with Crippen LogP contribution in [0.3, 0.4) is 0 Å². The zero-order valence-electron chi connectivity index (χ0n) is 9.87. The Bertz CT molecular complexity index is 393. The van der Waals surface area contributed by atoms with Crippen LogP contribution in [-0.4, -0.2) is 29.1 Å². The van der Waals surface area contributed by atoms with Crippen molar-refractivity contribution in [3.8, 4) is 0 Å². The first-order chi connectivity index (χ1) is 8.11. The Balaban J connectivity index is 2.02. The minimum Gasteiger partial charge on any atom is -0.387 e. The van der Waals surface area contributed by atoms with Gasteiger partial charge in [-0.1, -0.05) is 13.0 Å². The third-order valence-corrected chi connectivity index (χ3v) is 3.21. The normalized spacial score (nSPS) is 17.5. The molecular formula is C13H17F2NO. The van der Waals surface area contributed by atoms with E-state index in [1.54, 1.807) is 0 Å². The van der Waals surface area contributed by atoms with Crippen LogP contribution in [0.25, 0.3) is 0 Å². The minimum atomic E-state index is -0.906. The van der Waals surface area contributed by atoms with Crippen molar-refractivity contribution in [3.63, 3.8) is 0 Å². The maximum atomic E-state index is 13.0. The van der Waals surface area contributed by atoms with Crippen molar-refractivity contribution in [1.82, 2.24) is 4.90 Å². The molecule has 0 saturated heterocycles. The van der Waals surface area contributed by atoms with Crippen molar-refractivity contribution in [3.05, 3.63) is 35.4 Å². The van der Waals surface area contributed by atoms with Gasteiger partial charge in [-0.25, -0.2) is 8.78 Å². The number of benzene rings is 1. The summed E-state index contributed by atoms with van der Waals surface area (Å²) in [5, 5.41) is 9.98. The van der Waals surface area contributed by atoms with E-state index >= 15 is 0 Å². The second kappa shape index (κ2) is 5.10. The first kappa shape index (κ1) is 12.5. The second-order valence-corrected chi connectivity index (χ2v) is 4.51. The quantitative estimate of drug-likeness (QED) is 0.856. The summed E-state index contributed by atoms with van der Waals surface area (Å²) < 4.78 is 25.8. The fraction of sp³-hybridized carbons (Fsp3) is 0.538. The van der Waals surface area contributed by atoms with E-state index in [2.05, 4.69) is 4.90 Å². The third kappa shape index (κ3) is 3.01. The number of hydrogen-bond donors (Lipinski definition) is 1. The van der Waals surface area contributed by atoms with Crippen LogP contribution in [0.4, 0.5) is 8.78 Å². The zero-order chi connectivity index (χ0) is 12.4. The van der Waals surface area contributed by atoms with E-state index in [1.165, 1.54) is 18.9 Å². The van der Waals surface area contributed by atoms with Crippen molar-refractivity contribution in [2.75, 3.05) is 13.1 Å². The molecule has 17 heavy (non-hydrogen) atoms. The molecule has 1 aromatic carbocycles. The largest absolute Gasteiger partial charge is 0.387 e. The van der Waals surface area contributed by atoms with E-state index in [0.717, 1.165) is 18.7 Å². The van der Waals surface area contributed by atoms with E-state index < -0.39 is 17.7 Å². The summed E-state index contributed by atoms with van der Waals surface area (Å²) in [5.74, 6) is -1.79. The van der Waals surface area contributed by atoms with E-state index in [4.69, 9.17) is 0 Å². The van der Waals surface area contributed by atoms with Crippen LogP contribution < -0.4 is 0 Å². The number of aliphatic hydroxyl groups excluding tert-OH is 1. The lowest BCUT2D eigenvalue weighted by atomic mass is 10.1. The molecule has 2 nitrogen and oxygen atoms in total. The monoisotopic (exact) mass is 241 g/mol. The Labute approximate surface area is 99.9 Å². The number of likely N-dealkylation sites (N-methyl/N-ethyl adjacent to an activating group) is 1. The fourth-order valence-electron chi connectivity index (χ4n) is 2.02. The van der Waals surface area contributed by atoms with Gasteiger partial charge in [0.05, 0.1) is 6.10 Å². The number of aliphatic hydroxyl groups is 1. The standard InChI is InChI=1S/C13H17F2NO/c1-2-16(10-4-5-10)8-13(17)9-3-6-11(14)12(15)7-9/h3,6-7,10,13,17H,2,4-5,8H2,1H3. The lowest BCUT2D eigenvalue weighted by Crippen LogP contribution is -2.30. The van der Waals surface area contributed by atoms with Gasteiger partial charge in [-0.3, -0.25) is 4.90 Å². The minimum absolute atomic E-state index is 0.433. The van der Waals surface area contributed by atoms with Gasteiger partial charge in [0.1, 0.15) is 0 Å². The van der Waals surface area contributed by atoms with Gasteiger partial charge >= 0.3 is 0 Å². The second-order valence-electron chi connectivity index (χ2n) is 4.51. The van der Waals surface area contributed by atoms with Crippen molar-refractivity contribution in [2.45, 2.75) is 31.9 Å². The van der Waals surface area contributed by atoms with E-state index in [9.17, 15) is 13.9 Å². The molecule has 0 aliphatic heterocycles. The van der Waals surface area contributed by atoms with Gasteiger partial charge in [0.25, 0.3) is 0 Å². The van der Waals surface area contributed by atoms with Crippen molar-refractivity contribution in [1.29, 1.82) is 0 Å². The van der Waals surface area contributed by atoms with Crippen molar-refractivity contribution in [2.24, 2.45) is 0 Å². The molecule has 1 saturated carbocycles. The Kier molecular flexibility index (Phi) is 3.74. The molecule has 1 aliphatic carbocycles. The molecule has 1 N–H and O–H groups in total. The molecule has 0 heterocycles. The smallest absolute Gasteiger partial charge is 0.159 e. The van der Waals surface area contributed by atoms with Gasteiger partial charge in [0.15, 0.2) is 11.6 Å². The molecule has 1 aromatic rings. The Morgan fingerprint density at radius 3 is 2.59 bits per heavy atom. The summed E-state index contributed by atoms with van der Waals surface area (Å²) in [6, 6.07) is 4.12. The Morgan fingerprint density at radius 2 is 2.06 bits per heavy atom. The van der Waals surface area contributed by atoms with Gasteiger partial charge in [0.2, 0.25) is 0 Å². The lowest BCUT2D eigenvalue weighted by molar-refractivity contribution is 0.111. The molecule has 2 rings (SSSR count). The topological polar surface area (TPSA) is 23.5 Å². The van der Waals surface area contributed by atoms with E-state index in [0.29, 0.717) is 18.2 Å². The first-order valence-corrected chi connectivity index (χ1v) is 5.99. The van der Waals surface area contributed by atoms with Gasteiger partial charge in [-0.15, -0.1) is 0 Å². The highest BCUT2D eigenvalue weighted by Gasteiger charge is 2.29. The SMILES string of the molecule is CCN(CC(O)c1ccc(F)c(F)c1)C1CC1.